The number of aliphatic carboxylic acids is 1. The Morgan fingerprint density at radius 2 is 1.90 bits per heavy atom. The van der Waals surface area contributed by atoms with Gasteiger partial charge in [0.15, 0.2) is 0 Å². The molecular formula is C12H18N3O5-. The van der Waals surface area contributed by atoms with Crippen molar-refractivity contribution >= 4 is 23.7 Å². The Bertz CT molecular complexity index is 397. The van der Waals surface area contributed by atoms with Crippen LogP contribution in [0.4, 0.5) is 0 Å². The summed E-state index contributed by atoms with van der Waals surface area (Å²) < 4.78 is 0. The normalized spacial score (nSPS) is 18.0. The quantitative estimate of drug-likeness (QED) is 0.345. The molecule has 8 heteroatoms. The first-order valence-electron chi connectivity index (χ1n) is 6.52. The lowest BCUT2D eigenvalue weighted by molar-refractivity contribution is -0.305. The van der Waals surface area contributed by atoms with E-state index in [0.717, 1.165) is 6.42 Å². The van der Waals surface area contributed by atoms with E-state index in [1.807, 2.05) is 0 Å². The molecule has 112 valence electrons. The summed E-state index contributed by atoms with van der Waals surface area (Å²) in [7, 11) is 0. The summed E-state index contributed by atoms with van der Waals surface area (Å²) in [6, 6.07) is 0. The highest BCUT2D eigenvalue weighted by Crippen LogP contribution is 2.10. The fraction of sp³-hybridized carbons (Fsp3) is 0.667. The molecule has 3 amide bonds. The summed E-state index contributed by atoms with van der Waals surface area (Å²) in [6.07, 6.45) is 0.807. The first kappa shape index (κ1) is 15.9. The molecule has 3 N–H and O–H groups in total. The SMILES string of the molecule is O=C([O-])CCC(=O)NCCNC(=O)[C@@H]1CCCNC1=O. The van der Waals surface area contributed by atoms with Crippen molar-refractivity contribution in [2.24, 2.45) is 5.92 Å². The predicted molar refractivity (Wildman–Crippen MR) is 66.0 cm³/mol. The smallest absolute Gasteiger partial charge is 0.232 e. The van der Waals surface area contributed by atoms with Crippen LogP contribution >= 0.6 is 0 Å². The number of nitrogens with one attached hydrogen (secondary N) is 3. The van der Waals surface area contributed by atoms with Gasteiger partial charge in [0.05, 0.1) is 0 Å². The lowest BCUT2D eigenvalue weighted by Crippen LogP contribution is -2.46. The maximum absolute atomic E-state index is 11.7. The lowest BCUT2D eigenvalue weighted by atomic mass is 9.98. The van der Waals surface area contributed by atoms with Gasteiger partial charge in [0.25, 0.3) is 0 Å². The van der Waals surface area contributed by atoms with Crippen molar-refractivity contribution in [2.45, 2.75) is 25.7 Å². The fourth-order valence-electron chi connectivity index (χ4n) is 1.84. The van der Waals surface area contributed by atoms with Crippen molar-refractivity contribution in [1.82, 2.24) is 16.0 Å². The van der Waals surface area contributed by atoms with Gasteiger partial charge in [-0.1, -0.05) is 0 Å². The van der Waals surface area contributed by atoms with Gasteiger partial charge in [0.1, 0.15) is 5.92 Å². The van der Waals surface area contributed by atoms with Gasteiger partial charge >= 0.3 is 0 Å². The zero-order chi connectivity index (χ0) is 15.0. The van der Waals surface area contributed by atoms with Crippen molar-refractivity contribution < 1.29 is 24.3 Å². The van der Waals surface area contributed by atoms with E-state index in [9.17, 15) is 24.3 Å². The van der Waals surface area contributed by atoms with Crippen molar-refractivity contribution in [3.63, 3.8) is 0 Å². The molecule has 1 aliphatic rings. The van der Waals surface area contributed by atoms with Crippen molar-refractivity contribution in [3.05, 3.63) is 0 Å². The van der Waals surface area contributed by atoms with Crippen LogP contribution in [0.15, 0.2) is 0 Å². The third-order valence-corrected chi connectivity index (χ3v) is 2.90. The van der Waals surface area contributed by atoms with Crippen molar-refractivity contribution in [2.75, 3.05) is 19.6 Å². The average Bonchev–Trinajstić information content (AvgIpc) is 2.41. The second-order valence-corrected chi connectivity index (χ2v) is 4.50. The molecule has 0 spiro atoms. The topological polar surface area (TPSA) is 127 Å². The Kier molecular flexibility index (Phi) is 6.48. The van der Waals surface area contributed by atoms with E-state index in [1.54, 1.807) is 0 Å². The van der Waals surface area contributed by atoms with Crippen LogP contribution in [-0.2, 0) is 19.2 Å². The molecule has 0 unspecified atom stereocenters. The zero-order valence-corrected chi connectivity index (χ0v) is 11.1. The third kappa shape index (κ3) is 5.68. The maximum atomic E-state index is 11.7. The number of carboxylic acid groups (broad SMARTS) is 1. The number of hydrogen-bond donors (Lipinski definition) is 3. The minimum atomic E-state index is -1.28. The van der Waals surface area contributed by atoms with Gasteiger partial charge in [-0.3, -0.25) is 14.4 Å². The summed E-state index contributed by atoms with van der Waals surface area (Å²) >= 11 is 0. The molecule has 0 radical (unpaired) electrons. The van der Waals surface area contributed by atoms with Gasteiger partial charge in [0.2, 0.25) is 17.7 Å². The van der Waals surface area contributed by atoms with Crippen LogP contribution in [0.3, 0.4) is 0 Å². The van der Waals surface area contributed by atoms with E-state index in [2.05, 4.69) is 16.0 Å². The van der Waals surface area contributed by atoms with Crippen LogP contribution in [0.2, 0.25) is 0 Å². The molecule has 20 heavy (non-hydrogen) atoms. The molecule has 1 fully saturated rings. The maximum Gasteiger partial charge on any atom is 0.232 e. The van der Waals surface area contributed by atoms with E-state index in [1.165, 1.54) is 0 Å². The molecule has 1 aliphatic heterocycles. The molecule has 1 heterocycles. The molecule has 1 rings (SSSR count). The largest absolute Gasteiger partial charge is 0.550 e. The van der Waals surface area contributed by atoms with E-state index in [-0.39, 0.29) is 37.7 Å². The number of hydrogen-bond acceptors (Lipinski definition) is 5. The Morgan fingerprint density at radius 3 is 2.55 bits per heavy atom. The highest BCUT2D eigenvalue weighted by Gasteiger charge is 2.28. The molecule has 0 bridgehead atoms. The molecule has 8 nitrogen and oxygen atoms in total. The Labute approximate surface area is 116 Å². The molecule has 0 aliphatic carbocycles. The number of carbonyl (C=O) groups excluding carboxylic acids is 4. The fourth-order valence-corrected chi connectivity index (χ4v) is 1.84. The zero-order valence-electron chi connectivity index (χ0n) is 11.1. The number of carboxylic acids is 1. The Morgan fingerprint density at radius 1 is 1.20 bits per heavy atom. The number of amides is 3. The second kappa shape index (κ2) is 8.13. The first-order chi connectivity index (χ1) is 9.50. The van der Waals surface area contributed by atoms with Crippen LogP contribution in [0.25, 0.3) is 0 Å². The minimum Gasteiger partial charge on any atom is -0.550 e. The predicted octanol–water partition coefficient (Wildman–Crippen LogP) is -2.72. The minimum absolute atomic E-state index is 0.151. The van der Waals surface area contributed by atoms with E-state index >= 15 is 0 Å². The summed E-state index contributed by atoms with van der Waals surface area (Å²) in [4.78, 5) is 44.4. The van der Waals surface area contributed by atoms with Crippen LogP contribution in [0.1, 0.15) is 25.7 Å². The van der Waals surface area contributed by atoms with Gasteiger partial charge in [-0.05, 0) is 19.3 Å². The summed E-state index contributed by atoms with van der Waals surface area (Å²) in [5, 5.41) is 17.8. The molecule has 0 aromatic carbocycles. The van der Waals surface area contributed by atoms with Crippen LogP contribution < -0.4 is 21.1 Å². The Balaban J connectivity index is 2.14. The van der Waals surface area contributed by atoms with E-state index in [0.29, 0.717) is 13.0 Å². The van der Waals surface area contributed by atoms with Crippen LogP contribution in [-0.4, -0.2) is 43.3 Å². The second-order valence-electron chi connectivity index (χ2n) is 4.50. The van der Waals surface area contributed by atoms with Crippen molar-refractivity contribution in [1.29, 1.82) is 0 Å². The van der Waals surface area contributed by atoms with Gasteiger partial charge < -0.3 is 25.9 Å². The molecular weight excluding hydrogens is 266 g/mol. The highest BCUT2D eigenvalue weighted by molar-refractivity contribution is 6.00. The lowest BCUT2D eigenvalue weighted by Gasteiger charge is -2.21. The molecule has 0 aromatic heterocycles. The summed E-state index contributed by atoms with van der Waals surface area (Å²) in [6.45, 7) is 0.975. The highest BCUT2D eigenvalue weighted by atomic mass is 16.4. The number of piperidine rings is 1. The van der Waals surface area contributed by atoms with Gasteiger partial charge in [-0.2, -0.15) is 0 Å². The summed E-state index contributed by atoms with van der Waals surface area (Å²) in [5.74, 6) is -2.99. The van der Waals surface area contributed by atoms with E-state index < -0.39 is 17.8 Å². The average molecular weight is 284 g/mol. The molecule has 1 saturated heterocycles. The van der Waals surface area contributed by atoms with Gasteiger partial charge in [0, 0.05) is 32.0 Å². The van der Waals surface area contributed by atoms with Gasteiger partial charge in [-0.15, -0.1) is 0 Å². The van der Waals surface area contributed by atoms with Crippen LogP contribution in [0, 0.1) is 5.92 Å². The molecule has 0 saturated carbocycles. The monoisotopic (exact) mass is 284 g/mol. The number of carbonyl (C=O) groups is 4. The molecule has 0 aromatic rings. The van der Waals surface area contributed by atoms with Crippen molar-refractivity contribution in [3.8, 4) is 0 Å². The Hall–Kier alpha value is -2.12. The standard InChI is InChI=1S/C12H19N3O5/c16-9(3-4-10(17)18)13-6-7-15-12(20)8-2-1-5-14-11(8)19/h8H,1-7H2,(H,13,16)(H,14,19)(H,15,20)(H,17,18)/p-1/t8-/m1/s1. The summed E-state index contributed by atoms with van der Waals surface area (Å²) in [5.41, 5.74) is 0. The third-order valence-electron chi connectivity index (χ3n) is 2.90. The van der Waals surface area contributed by atoms with E-state index in [4.69, 9.17) is 0 Å². The van der Waals surface area contributed by atoms with Crippen LogP contribution in [0.5, 0.6) is 0 Å². The van der Waals surface area contributed by atoms with Gasteiger partial charge in [-0.25, -0.2) is 0 Å². The first-order valence-corrected chi connectivity index (χ1v) is 6.52. The number of rotatable bonds is 7. The molecule has 1 atom stereocenters.